The molecule has 6 nitrogen and oxygen atoms in total. The van der Waals surface area contributed by atoms with Gasteiger partial charge in [0, 0.05) is 16.6 Å². The summed E-state index contributed by atoms with van der Waals surface area (Å²) in [6.45, 7) is 0. The lowest BCUT2D eigenvalue weighted by atomic mass is 10.1. The summed E-state index contributed by atoms with van der Waals surface area (Å²) < 4.78 is 33.2. The predicted molar refractivity (Wildman–Crippen MR) is 107 cm³/mol. The van der Waals surface area contributed by atoms with E-state index in [-0.39, 0.29) is 11.3 Å². The molecule has 0 atom stereocenters. The van der Waals surface area contributed by atoms with E-state index >= 15 is 0 Å². The highest BCUT2D eigenvalue weighted by atomic mass is 19.1. The number of benzene rings is 3. The normalized spacial score (nSPS) is 10.9. The van der Waals surface area contributed by atoms with Crippen LogP contribution in [-0.4, -0.2) is 17.0 Å². The Kier molecular flexibility index (Phi) is 4.59. The first-order chi connectivity index (χ1) is 14.0. The number of H-pyrrole nitrogens is 1. The molecule has 0 aliphatic rings. The standard InChI is InChI=1S/C21H15F2N3O3/c1-29-14-6-8-18(20(11-14)26(27)28)24-13-5-7-17-12(9-13)10-19(25-17)21-15(22)3-2-4-16(21)23/h2-11,24-25H,1H3. The summed E-state index contributed by atoms with van der Waals surface area (Å²) in [5, 5.41) is 15.1. The second-order valence-corrected chi connectivity index (χ2v) is 6.35. The summed E-state index contributed by atoms with van der Waals surface area (Å²) in [4.78, 5) is 13.8. The van der Waals surface area contributed by atoms with Crippen LogP contribution in [0.2, 0.25) is 0 Å². The fraction of sp³-hybridized carbons (Fsp3) is 0.0476. The summed E-state index contributed by atoms with van der Waals surface area (Å²) in [7, 11) is 1.43. The largest absolute Gasteiger partial charge is 0.496 e. The van der Waals surface area contributed by atoms with Crippen molar-refractivity contribution >= 4 is 28.0 Å². The Labute approximate surface area is 163 Å². The van der Waals surface area contributed by atoms with Crippen molar-refractivity contribution in [1.29, 1.82) is 0 Å². The van der Waals surface area contributed by atoms with Gasteiger partial charge in [0.05, 0.1) is 29.4 Å². The molecule has 0 bridgehead atoms. The number of aromatic amines is 1. The van der Waals surface area contributed by atoms with Crippen molar-refractivity contribution in [3.63, 3.8) is 0 Å². The van der Waals surface area contributed by atoms with Gasteiger partial charge in [0.2, 0.25) is 0 Å². The maximum absolute atomic E-state index is 14.1. The lowest BCUT2D eigenvalue weighted by molar-refractivity contribution is -0.384. The summed E-state index contributed by atoms with van der Waals surface area (Å²) in [5.74, 6) is -0.951. The van der Waals surface area contributed by atoms with Crippen LogP contribution in [0.15, 0.2) is 60.7 Å². The highest BCUT2D eigenvalue weighted by Crippen LogP contribution is 2.34. The lowest BCUT2D eigenvalue weighted by Crippen LogP contribution is -1.97. The fourth-order valence-corrected chi connectivity index (χ4v) is 3.15. The number of rotatable bonds is 5. The molecule has 0 radical (unpaired) electrons. The van der Waals surface area contributed by atoms with Crippen molar-refractivity contribution in [1.82, 2.24) is 4.98 Å². The number of nitrogens with one attached hydrogen (secondary N) is 2. The Bertz CT molecular complexity index is 1220. The number of hydrogen-bond acceptors (Lipinski definition) is 4. The minimum atomic E-state index is -0.663. The van der Waals surface area contributed by atoms with Crippen LogP contribution in [0.1, 0.15) is 0 Å². The van der Waals surface area contributed by atoms with Gasteiger partial charge in [0.1, 0.15) is 23.1 Å². The van der Waals surface area contributed by atoms with E-state index in [1.807, 2.05) is 0 Å². The average Bonchev–Trinajstić information content (AvgIpc) is 3.10. The SMILES string of the molecule is COc1ccc(Nc2ccc3[nH]c(-c4c(F)cccc4F)cc3c2)c([N+](=O)[O-])c1. The van der Waals surface area contributed by atoms with Gasteiger partial charge in [0.15, 0.2) is 0 Å². The monoisotopic (exact) mass is 395 g/mol. The average molecular weight is 395 g/mol. The molecule has 8 heteroatoms. The van der Waals surface area contributed by atoms with E-state index in [1.54, 1.807) is 36.4 Å². The number of nitrogens with zero attached hydrogens (tertiary/aromatic N) is 1. The molecule has 3 aromatic carbocycles. The van der Waals surface area contributed by atoms with Crippen LogP contribution in [-0.2, 0) is 0 Å². The van der Waals surface area contributed by atoms with E-state index in [2.05, 4.69) is 10.3 Å². The molecule has 4 aromatic rings. The van der Waals surface area contributed by atoms with Crippen molar-refractivity contribution < 1.29 is 18.4 Å². The van der Waals surface area contributed by atoms with E-state index in [1.165, 1.54) is 31.4 Å². The fourth-order valence-electron chi connectivity index (χ4n) is 3.15. The quantitative estimate of drug-likeness (QED) is 0.332. The molecule has 0 unspecified atom stereocenters. The molecule has 1 heterocycles. The van der Waals surface area contributed by atoms with Crippen molar-refractivity contribution in [2.75, 3.05) is 12.4 Å². The Balaban J connectivity index is 1.71. The Morgan fingerprint density at radius 1 is 1.03 bits per heavy atom. The Morgan fingerprint density at radius 3 is 2.48 bits per heavy atom. The van der Waals surface area contributed by atoms with Gasteiger partial charge in [-0.15, -0.1) is 0 Å². The van der Waals surface area contributed by atoms with Gasteiger partial charge < -0.3 is 15.0 Å². The van der Waals surface area contributed by atoms with Gasteiger partial charge in [-0.25, -0.2) is 8.78 Å². The predicted octanol–water partition coefficient (Wildman–Crippen LogP) is 5.77. The van der Waals surface area contributed by atoms with Crippen LogP contribution in [0.3, 0.4) is 0 Å². The highest BCUT2D eigenvalue weighted by Gasteiger charge is 2.16. The van der Waals surface area contributed by atoms with Crippen molar-refractivity contribution in [2.24, 2.45) is 0 Å². The first-order valence-electron chi connectivity index (χ1n) is 8.63. The van der Waals surface area contributed by atoms with Gasteiger partial charge in [-0.2, -0.15) is 0 Å². The van der Waals surface area contributed by atoms with E-state index < -0.39 is 16.6 Å². The van der Waals surface area contributed by atoms with Crippen LogP contribution < -0.4 is 10.1 Å². The number of aromatic nitrogens is 1. The van der Waals surface area contributed by atoms with E-state index in [4.69, 9.17) is 4.74 Å². The smallest absolute Gasteiger partial charge is 0.296 e. The maximum atomic E-state index is 14.1. The summed E-state index contributed by atoms with van der Waals surface area (Å²) in [6.07, 6.45) is 0. The molecule has 0 spiro atoms. The minimum Gasteiger partial charge on any atom is -0.496 e. The van der Waals surface area contributed by atoms with E-state index in [0.717, 1.165) is 0 Å². The molecule has 0 aliphatic carbocycles. The first kappa shape index (κ1) is 18.4. The lowest BCUT2D eigenvalue weighted by Gasteiger charge is -2.08. The number of ether oxygens (including phenoxy) is 1. The topological polar surface area (TPSA) is 80.2 Å². The van der Waals surface area contributed by atoms with Crippen LogP contribution in [0.25, 0.3) is 22.2 Å². The molecule has 0 saturated heterocycles. The molecule has 146 valence electrons. The first-order valence-corrected chi connectivity index (χ1v) is 8.63. The number of nitro groups is 1. The number of fused-ring (bicyclic) bond motifs is 1. The van der Waals surface area contributed by atoms with Crippen LogP contribution in [0.4, 0.5) is 25.8 Å². The number of halogens is 2. The summed E-state index contributed by atoms with van der Waals surface area (Å²) in [6, 6.07) is 15.0. The molecule has 4 rings (SSSR count). The molecule has 0 saturated carbocycles. The molecule has 29 heavy (non-hydrogen) atoms. The van der Waals surface area contributed by atoms with Gasteiger partial charge >= 0.3 is 0 Å². The maximum Gasteiger partial charge on any atom is 0.296 e. The third kappa shape index (κ3) is 3.47. The second kappa shape index (κ2) is 7.23. The van der Waals surface area contributed by atoms with E-state index in [0.29, 0.717) is 33.7 Å². The molecule has 0 aliphatic heterocycles. The van der Waals surface area contributed by atoms with Gasteiger partial charge in [-0.05, 0) is 48.5 Å². The zero-order valence-electron chi connectivity index (χ0n) is 15.2. The molecular formula is C21H15F2N3O3. The number of nitro benzene ring substituents is 1. The summed E-state index contributed by atoms with van der Waals surface area (Å²) in [5.41, 5.74) is 1.61. The van der Waals surface area contributed by atoms with Crippen LogP contribution >= 0.6 is 0 Å². The zero-order valence-corrected chi connectivity index (χ0v) is 15.2. The molecule has 0 fully saturated rings. The Hall–Kier alpha value is -3.94. The van der Waals surface area contributed by atoms with Gasteiger partial charge in [-0.1, -0.05) is 6.07 Å². The minimum absolute atomic E-state index is 0.132. The number of anilines is 2. The Morgan fingerprint density at radius 2 is 1.79 bits per heavy atom. The van der Waals surface area contributed by atoms with Gasteiger partial charge in [-0.3, -0.25) is 10.1 Å². The second-order valence-electron chi connectivity index (χ2n) is 6.35. The van der Waals surface area contributed by atoms with Crippen molar-refractivity contribution in [3.8, 4) is 17.0 Å². The number of hydrogen-bond donors (Lipinski definition) is 2. The molecule has 0 amide bonds. The van der Waals surface area contributed by atoms with Gasteiger partial charge in [0.25, 0.3) is 5.69 Å². The van der Waals surface area contributed by atoms with Crippen LogP contribution in [0.5, 0.6) is 5.75 Å². The van der Waals surface area contributed by atoms with Crippen molar-refractivity contribution in [2.45, 2.75) is 0 Å². The van der Waals surface area contributed by atoms with E-state index in [9.17, 15) is 18.9 Å². The molecular weight excluding hydrogens is 380 g/mol. The molecule has 2 N–H and O–H groups in total. The third-order valence-corrected chi connectivity index (χ3v) is 4.53. The zero-order chi connectivity index (χ0) is 20.5. The third-order valence-electron chi connectivity index (χ3n) is 4.53. The highest BCUT2D eigenvalue weighted by molar-refractivity contribution is 5.89. The van der Waals surface area contributed by atoms with Crippen LogP contribution in [0, 0.1) is 21.7 Å². The summed E-state index contributed by atoms with van der Waals surface area (Å²) >= 11 is 0. The number of methoxy groups -OCH3 is 1. The van der Waals surface area contributed by atoms with Crippen molar-refractivity contribution in [3.05, 3.63) is 82.4 Å². The molecule has 1 aromatic heterocycles.